The quantitative estimate of drug-likeness (QED) is 0.134. The van der Waals surface area contributed by atoms with Gasteiger partial charge in [-0.3, -0.25) is 4.98 Å². The lowest BCUT2D eigenvalue weighted by Crippen LogP contribution is -2.47. The predicted octanol–water partition coefficient (Wildman–Crippen LogP) is 8.56. The summed E-state index contributed by atoms with van der Waals surface area (Å²) < 4.78 is 62.9. The van der Waals surface area contributed by atoms with Crippen LogP contribution in [-0.2, 0) is 19.7 Å². The number of aliphatic imine (C=N–C) groups is 1. The third-order valence-corrected chi connectivity index (χ3v) is 11.0. The van der Waals surface area contributed by atoms with E-state index in [1.54, 1.807) is 20.8 Å². The third kappa shape index (κ3) is 8.51. The van der Waals surface area contributed by atoms with Gasteiger partial charge in [0.2, 0.25) is 0 Å². The third-order valence-electron chi connectivity index (χ3n) is 7.57. The van der Waals surface area contributed by atoms with Gasteiger partial charge in [-0.25, -0.2) is 27.9 Å². The van der Waals surface area contributed by atoms with Crippen LogP contribution in [0.4, 0.5) is 18.0 Å². The number of benzene rings is 1. The van der Waals surface area contributed by atoms with E-state index in [1.807, 2.05) is 0 Å². The number of thioether (sulfide) groups is 1. The van der Waals surface area contributed by atoms with Crippen LogP contribution in [0.1, 0.15) is 44.0 Å². The highest BCUT2D eigenvalue weighted by atomic mass is 35.5. The van der Waals surface area contributed by atoms with Crippen molar-refractivity contribution in [3.8, 4) is 0 Å². The minimum atomic E-state index is -1.71. The Balaban J connectivity index is 1.78. The van der Waals surface area contributed by atoms with Crippen LogP contribution in [0.5, 0.6) is 0 Å². The molecule has 0 bridgehead atoms. The summed E-state index contributed by atoms with van der Waals surface area (Å²) in [4.78, 5) is 23.6. The molecule has 0 spiro atoms. The van der Waals surface area contributed by atoms with Crippen molar-refractivity contribution in [3.05, 3.63) is 64.2 Å². The monoisotopic (exact) mass is 683 g/mol. The van der Waals surface area contributed by atoms with Gasteiger partial charge in [0.1, 0.15) is 36.2 Å². The molecule has 1 amide bonds. The van der Waals surface area contributed by atoms with Crippen LogP contribution in [0, 0.1) is 11.7 Å². The van der Waals surface area contributed by atoms with Crippen LogP contribution >= 0.6 is 23.4 Å². The van der Waals surface area contributed by atoms with Gasteiger partial charge < -0.3 is 14.2 Å². The Kier molecular flexibility index (Phi) is 10.9. The Morgan fingerprint density at radius 1 is 1.24 bits per heavy atom. The second-order valence-corrected chi connectivity index (χ2v) is 21.1. The van der Waals surface area contributed by atoms with Crippen LogP contribution in [-0.4, -0.2) is 73.3 Å². The predicted molar refractivity (Wildman–Crippen MR) is 177 cm³/mol. The summed E-state index contributed by atoms with van der Waals surface area (Å²) in [7, 11) is 0.113. The van der Waals surface area contributed by atoms with Crippen molar-refractivity contribution >= 4 is 54.6 Å². The maximum absolute atomic E-state index is 15.7. The fourth-order valence-corrected chi connectivity index (χ4v) is 7.63. The number of halogens is 4. The van der Waals surface area contributed by atoms with Gasteiger partial charge in [0.15, 0.2) is 5.17 Å². The SMILES string of the molecule is COC[C@]12C[C@H]1[C@@](CF)(c1cc(/C=C(/F)c3ccc(Cl)cn3)ccc1F)N=C(N(COCC[Si](C)(C)C)C(=O)OC(C)(C)C)S2. The first-order chi connectivity index (χ1) is 21.0. The Morgan fingerprint density at radius 3 is 2.58 bits per heavy atom. The first-order valence-electron chi connectivity index (χ1n) is 14.7. The van der Waals surface area contributed by atoms with Gasteiger partial charge in [-0.15, -0.1) is 0 Å². The number of carbonyl (C=O) groups is 1. The van der Waals surface area contributed by atoms with Crippen molar-refractivity contribution in [1.82, 2.24) is 9.88 Å². The van der Waals surface area contributed by atoms with Crippen LogP contribution < -0.4 is 0 Å². The molecular weight excluding hydrogens is 643 g/mol. The number of pyridine rings is 1. The molecule has 0 saturated heterocycles. The zero-order valence-corrected chi connectivity index (χ0v) is 29.3. The highest BCUT2D eigenvalue weighted by molar-refractivity contribution is 8.15. The van der Waals surface area contributed by atoms with Gasteiger partial charge in [0.05, 0.1) is 22.1 Å². The Bertz CT molecular complexity index is 1450. The van der Waals surface area contributed by atoms with E-state index in [-0.39, 0.29) is 29.8 Å². The lowest BCUT2D eigenvalue weighted by molar-refractivity contribution is 0.0108. The molecule has 0 unspecified atom stereocenters. The van der Waals surface area contributed by atoms with Crippen molar-refractivity contribution in [1.29, 1.82) is 0 Å². The molecule has 1 aromatic carbocycles. The number of aromatic nitrogens is 1. The fraction of sp³-hybridized carbons (Fsp3) is 0.531. The van der Waals surface area contributed by atoms with Crippen molar-refractivity contribution in [2.24, 2.45) is 10.9 Å². The minimum absolute atomic E-state index is 0.0415. The Hall–Kier alpha value is -2.38. The van der Waals surface area contributed by atoms with E-state index in [0.717, 1.165) is 6.04 Å². The van der Waals surface area contributed by atoms with E-state index in [9.17, 15) is 4.79 Å². The summed E-state index contributed by atoms with van der Waals surface area (Å²) >= 11 is 7.17. The smallest absolute Gasteiger partial charge is 0.418 e. The summed E-state index contributed by atoms with van der Waals surface area (Å²) in [5.74, 6) is -1.82. The molecule has 4 rings (SSSR count). The van der Waals surface area contributed by atoms with Crippen LogP contribution in [0.2, 0.25) is 30.7 Å². The molecule has 0 N–H and O–H groups in total. The van der Waals surface area contributed by atoms with Crippen LogP contribution in [0.3, 0.4) is 0 Å². The number of fused-ring (bicyclic) bond motifs is 1. The van der Waals surface area contributed by atoms with Crippen molar-refractivity contribution in [3.63, 3.8) is 0 Å². The molecule has 2 aliphatic rings. The van der Waals surface area contributed by atoms with Crippen molar-refractivity contribution in [2.75, 3.05) is 33.7 Å². The number of nitrogens with zero attached hydrogens (tertiary/aromatic N) is 3. The van der Waals surface area contributed by atoms with Gasteiger partial charge in [-0.2, -0.15) is 0 Å². The van der Waals surface area contributed by atoms with Gasteiger partial charge in [-0.05, 0) is 69.1 Å². The molecule has 1 aliphatic heterocycles. The maximum atomic E-state index is 15.7. The second kappa shape index (κ2) is 13.8. The zero-order valence-electron chi connectivity index (χ0n) is 26.8. The number of methoxy groups -OCH3 is 1. The van der Waals surface area contributed by atoms with Gasteiger partial charge >= 0.3 is 6.09 Å². The largest absolute Gasteiger partial charge is 0.443 e. The molecule has 45 heavy (non-hydrogen) atoms. The molecule has 2 aromatic rings. The Labute approximate surface area is 273 Å². The fourth-order valence-electron chi connectivity index (χ4n) is 5.19. The summed E-state index contributed by atoms with van der Waals surface area (Å²) in [6.45, 7) is 11.3. The molecule has 1 aromatic heterocycles. The highest BCUT2D eigenvalue weighted by Gasteiger charge is 2.69. The van der Waals surface area contributed by atoms with Gasteiger partial charge in [-0.1, -0.05) is 49.1 Å². The van der Waals surface area contributed by atoms with E-state index in [2.05, 4.69) is 24.6 Å². The number of hydrogen-bond acceptors (Lipinski definition) is 7. The standard InChI is InChI=1S/C32H41ClF3N3O4SSi/c1-30(2,3)43-29(40)39(20-42-12-13-45(5,6)7)28-38-32(18-34,27-16-31(27,44-28)19-41-4)23-14-21(8-10-24(23)35)15-25(36)26-11-9-22(33)17-37-26/h8-11,14-15,17,27H,12-13,16,18-20H2,1-7H3/b25-15+/t27-,31-,32-/m1/s1. The highest BCUT2D eigenvalue weighted by Crippen LogP contribution is 2.67. The Morgan fingerprint density at radius 2 is 1.98 bits per heavy atom. The number of carbonyl (C=O) groups excluding carboxylic acids is 1. The summed E-state index contributed by atoms with van der Waals surface area (Å²) in [5.41, 5.74) is -2.24. The topological polar surface area (TPSA) is 73.3 Å². The first-order valence-corrected chi connectivity index (χ1v) is 19.6. The molecule has 13 heteroatoms. The van der Waals surface area contributed by atoms with E-state index >= 15 is 13.2 Å². The van der Waals surface area contributed by atoms with Gasteiger partial charge in [0.25, 0.3) is 0 Å². The number of amidine groups is 1. The van der Waals surface area contributed by atoms with E-state index in [0.29, 0.717) is 23.6 Å². The number of rotatable bonds is 11. The molecule has 7 nitrogen and oxygen atoms in total. The van der Waals surface area contributed by atoms with Crippen LogP contribution in [0.15, 0.2) is 41.5 Å². The molecule has 1 fully saturated rings. The van der Waals surface area contributed by atoms with E-state index in [1.165, 1.54) is 66.4 Å². The van der Waals surface area contributed by atoms with Crippen LogP contribution in [0.25, 0.3) is 11.9 Å². The lowest BCUT2D eigenvalue weighted by atomic mass is 9.84. The number of amides is 1. The summed E-state index contributed by atoms with van der Waals surface area (Å²) in [6, 6.07) is 7.78. The molecule has 3 atom stereocenters. The van der Waals surface area contributed by atoms with Gasteiger partial charge in [0, 0.05) is 39.5 Å². The summed E-state index contributed by atoms with van der Waals surface area (Å²) in [5, 5.41) is 0.507. The maximum Gasteiger partial charge on any atom is 0.418 e. The number of hydrogen-bond donors (Lipinski definition) is 0. The molecule has 246 valence electrons. The second-order valence-electron chi connectivity index (χ2n) is 13.7. The first kappa shape index (κ1) is 35.5. The van der Waals surface area contributed by atoms with E-state index < -0.39 is 54.3 Å². The molecule has 1 aliphatic carbocycles. The molecule has 2 heterocycles. The minimum Gasteiger partial charge on any atom is -0.443 e. The average Bonchev–Trinajstić information content (AvgIpc) is 3.67. The lowest BCUT2D eigenvalue weighted by Gasteiger charge is -2.38. The van der Waals surface area contributed by atoms with E-state index in [4.69, 9.17) is 30.8 Å². The molecular formula is C32H41ClF3N3O4SSi. The van der Waals surface area contributed by atoms with Crippen molar-refractivity contribution < 1.29 is 32.2 Å². The normalized spacial score (nSPS) is 23.3. The average molecular weight is 684 g/mol. The van der Waals surface area contributed by atoms with Crippen molar-refractivity contribution in [2.45, 2.75) is 68.8 Å². The summed E-state index contributed by atoms with van der Waals surface area (Å²) in [6.07, 6.45) is 2.27. The number of alkyl halides is 1. The number of ether oxygens (including phenoxy) is 3. The molecule has 1 saturated carbocycles. The zero-order chi connectivity index (χ0) is 33.2. The molecule has 0 radical (unpaired) electrons.